The third kappa shape index (κ3) is 5.26. The first-order valence-corrected chi connectivity index (χ1v) is 10.4. The van der Waals surface area contributed by atoms with Crippen LogP contribution < -0.4 is 4.74 Å². The number of carboxylic acid groups (broad SMARTS) is 1. The lowest BCUT2D eigenvalue weighted by Crippen LogP contribution is -1.99. The molecule has 4 rings (SSSR count). The molecule has 1 fully saturated rings. The molecule has 1 saturated carbocycles. The van der Waals surface area contributed by atoms with Crippen molar-refractivity contribution >= 4 is 5.97 Å². The van der Waals surface area contributed by atoms with Gasteiger partial charge < -0.3 is 9.84 Å². The topological polar surface area (TPSA) is 46.5 Å². The maximum Gasteiger partial charge on any atom is 0.303 e. The lowest BCUT2D eigenvalue weighted by atomic mass is 9.98. The molecule has 30 heavy (non-hydrogen) atoms. The van der Waals surface area contributed by atoms with Crippen LogP contribution >= 0.6 is 0 Å². The van der Waals surface area contributed by atoms with Gasteiger partial charge in [0.25, 0.3) is 0 Å². The van der Waals surface area contributed by atoms with E-state index in [1.54, 1.807) is 0 Å². The molecule has 1 aliphatic rings. The third-order valence-electron chi connectivity index (χ3n) is 5.51. The summed E-state index contributed by atoms with van der Waals surface area (Å²) in [5.41, 5.74) is 5.29. The Kier molecular flexibility index (Phi) is 6.12. The zero-order valence-electron chi connectivity index (χ0n) is 16.8. The molecular formula is C26H25FO3. The summed E-state index contributed by atoms with van der Waals surface area (Å²) in [5, 5.41) is 8.73. The highest BCUT2D eigenvalue weighted by molar-refractivity contribution is 5.68. The van der Waals surface area contributed by atoms with Crippen molar-refractivity contribution in [2.45, 2.75) is 44.6 Å². The summed E-state index contributed by atoms with van der Waals surface area (Å²) < 4.78 is 19.8. The van der Waals surface area contributed by atoms with E-state index in [0.29, 0.717) is 18.1 Å². The van der Waals surface area contributed by atoms with E-state index in [0.717, 1.165) is 28.7 Å². The monoisotopic (exact) mass is 404 g/mol. The number of aryl methyl sites for hydroxylation is 1. The van der Waals surface area contributed by atoms with Crippen LogP contribution in [0.1, 0.15) is 48.3 Å². The Hall–Kier alpha value is -3.14. The highest BCUT2D eigenvalue weighted by atomic mass is 19.1. The van der Waals surface area contributed by atoms with Gasteiger partial charge in [0.05, 0.1) is 0 Å². The van der Waals surface area contributed by atoms with Crippen LogP contribution in [0.15, 0.2) is 66.7 Å². The van der Waals surface area contributed by atoms with E-state index in [2.05, 4.69) is 24.3 Å². The fourth-order valence-corrected chi connectivity index (χ4v) is 3.67. The van der Waals surface area contributed by atoms with E-state index in [1.165, 1.54) is 30.5 Å². The van der Waals surface area contributed by atoms with Crippen molar-refractivity contribution < 1.29 is 19.0 Å². The number of benzene rings is 3. The summed E-state index contributed by atoms with van der Waals surface area (Å²) in [4.78, 5) is 10.6. The predicted molar refractivity (Wildman–Crippen MR) is 115 cm³/mol. The highest BCUT2D eigenvalue weighted by Gasteiger charge is 2.23. The van der Waals surface area contributed by atoms with Gasteiger partial charge in [-0.2, -0.15) is 0 Å². The minimum Gasteiger partial charge on any atom is -0.489 e. The zero-order valence-corrected chi connectivity index (χ0v) is 16.8. The number of hydrogen-bond acceptors (Lipinski definition) is 2. The number of hydrogen-bond donors (Lipinski definition) is 1. The average Bonchev–Trinajstić information content (AvgIpc) is 3.59. The summed E-state index contributed by atoms with van der Waals surface area (Å²) in [6.07, 6.45) is 4.04. The molecule has 0 aliphatic heterocycles. The third-order valence-corrected chi connectivity index (χ3v) is 5.51. The molecule has 3 aromatic rings. The van der Waals surface area contributed by atoms with Gasteiger partial charge in [-0.1, -0.05) is 42.5 Å². The fraction of sp³-hybridized carbons (Fsp3) is 0.269. The van der Waals surface area contributed by atoms with Crippen molar-refractivity contribution in [3.63, 3.8) is 0 Å². The van der Waals surface area contributed by atoms with Crippen LogP contribution in [0.5, 0.6) is 5.75 Å². The summed E-state index contributed by atoms with van der Waals surface area (Å²) in [6.45, 7) is 0.274. The van der Waals surface area contributed by atoms with Gasteiger partial charge in [-0.3, -0.25) is 4.79 Å². The molecule has 0 bridgehead atoms. The first-order chi connectivity index (χ1) is 14.6. The molecule has 3 aromatic carbocycles. The van der Waals surface area contributed by atoms with Crippen molar-refractivity contribution in [1.29, 1.82) is 0 Å². The Balaban J connectivity index is 1.42. The molecule has 0 unspecified atom stereocenters. The lowest BCUT2D eigenvalue weighted by molar-refractivity contribution is -0.137. The molecule has 1 aliphatic carbocycles. The zero-order chi connectivity index (χ0) is 20.9. The number of ether oxygens (including phenoxy) is 1. The Labute approximate surface area is 176 Å². The largest absolute Gasteiger partial charge is 0.489 e. The van der Waals surface area contributed by atoms with E-state index in [-0.39, 0.29) is 18.8 Å². The van der Waals surface area contributed by atoms with Gasteiger partial charge >= 0.3 is 5.97 Å². The summed E-state index contributed by atoms with van der Waals surface area (Å²) >= 11 is 0. The normalized spacial score (nSPS) is 13.2. The van der Waals surface area contributed by atoms with Crippen molar-refractivity contribution in [3.8, 4) is 16.9 Å². The second kappa shape index (κ2) is 9.12. The minimum absolute atomic E-state index is 0.169. The van der Waals surface area contributed by atoms with E-state index in [4.69, 9.17) is 9.84 Å². The highest BCUT2D eigenvalue weighted by Crippen LogP contribution is 2.40. The minimum atomic E-state index is -0.775. The molecule has 0 atom stereocenters. The van der Waals surface area contributed by atoms with Gasteiger partial charge in [0, 0.05) is 6.42 Å². The number of carboxylic acids is 1. The Morgan fingerprint density at radius 1 is 1.00 bits per heavy atom. The first-order valence-electron chi connectivity index (χ1n) is 10.4. The molecule has 0 spiro atoms. The molecule has 0 heterocycles. The quantitative estimate of drug-likeness (QED) is 0.452. The van der Waals surface area contributed by atoms with Crippen LogP contribution in [0.25, 0.3) is 11.1 Å². The van der Waals surface area contributed by atoms with Crippen LogP contribution in [0, 0.1) is 5.82 Å². The molecule has 0 radical (unpaired) electrons. The van der Waals surface area contributed by atoms with Crippen molar-refractivity contribution in [3.05, 3.63) is 89.2 Å². The predicted octanol–water partition coefficient (Wildman–Crippen LogP) is 6.36. The fourth-order valence-electron chi connectivity index (χ4n) is 3.67. The number of rotatable bonds is 9. The number of carbonyl (C=O) groups is 1. The van der Waals surface area contributed by atoms with Crippen molar-refractivity contribution in [2.24, 2.45) is 0 Å². The van der Waals surface area contributed by atoms with Crippen LogP contribution in [0.4, 0.5) is 4.39 Å². The summed E-state index contributed by atoms with van der Waals surface area (Å²) in [7, 11) is 0. The van der Waals surface area contributed by atoms with Crippen molar-refractivity contribution in [1.82, 2.24) is 0 Å². The molecule has 0 amide bonds. The Bertz CT molecular complexity index is 1010. The smallest absolute Gasteiger partial charge is 0.303 e. The number of halogens is 1. The second-order valence-electron chi connectivity index (χ2n) is 7.88. The standard InChI is InChI=1S/C26H25FO3/c27-23-12-15-25(21-10-8-20(9-11-21)19-6-7-19)22(16-23)17-30-24-13-4-18(5-14-24)2-1-3-26(28)29/h4-5,8-16,19H,1-3,6-7,17H2,(H,28,29). The van der Waals surface area contributed by atoms with Crippen LogP contribution in [0.2, 0.25) is 0 Å². The van der Waals surface area contributed by atoms with E-state index in [9.17, 15) is 9.18 Å². The molecule has 4 heteroatoms. The van der Waals surface area contributed by atoms with Gasteiger partial charge in [0.2, 0.25) is 0 Å². The molecular weight excluding hydrogens is 379 g/mol. The molecule has 3 nitrogen and oxygen atoms in total. The SMILES string of the molecule is O=C(O)CCCc1ccc(OCc2cc(F)ccc2-c2ccc(C3CC3)cc2)cc1. The number of aliphatic carboxylic acids is 1. The molecule has 154 valence electrons. The van der Waals surface area contributed by atoms with Gasteiger partial charge in [0.15, 0.2) is 0 Å². The van der Waals surface area contributed by atoms with E-state index >= 15 is 0 Å². The van der Waals surface area contributed by atoms with Gasteiger partial charge in [0.1, 0.15) is 18.2 Å². The van der Waals surface area contributed by atoms with Gasteiger partial charge in [-0.25, -0.2) is 4.39 Å². The van der Waals surface area contributed by atoms with E-state index < -0.39 is 5.97 Å². The van der Waals surface area contributed by atoms with Crippen molar-refractivity contribution in [2.75, 3.05) is 0 Å². The Morgan fingerprint density at radius 2 is 1.73 bits per heavy atom. The molecule has 1 N–H and O–H groups in total. The van der Waals surface area contributed by atoms with Crippen LogP contribution in [-0.4, -0.2) is 11.1 Å². The first kappa shape index (κ1) is 20.1. The average molecular weight is 404 g/mol. The van der Waals surface area contributed by atoms with E-state index in [1.807, 2.05) is 30.3 Å². The molecule has 0 aromatic heterocycles. The summed E-state index contributed by atoms with van der Waals surface area (Å²) in [6, 6.07) is 21.0. The second-order valence-corrected chi connectivity index (χ2v) is 7.88. The van der Waals surface area contributed by atoms with Gasteiger partial charge in [-0.15, -0.1) is 0 Å². The van der Waals surface area contributed by atoms with Crippen LogP contribution in [-0.2, 0) is 17.8 Å². The lowest BCUT2D eigenvalue weighted by Gasteiger charge is -2.13. The molecule has 0 saturated heterocycles. The maximum atomic E-state index is 13.9. The Morgan fingerprint density at radius 3 is 2.40 bits per heavy atom. The van der Waals surface area contributed by atoms with Gasteiger partial charge in [-0.05, 0) is 83.7 Å². The summed E-state index contributed by atoms with van der Waals surface area (Å²) in [5.74, 6) is 0.363. The maximum absolute atomic E-state index is 13.9. The van der Waals surface area contributed by atoms with Crippen LogP contribution in [0.3, 0.4) is 0 Å².